The third-order valence-electron chi connectivity index (χ3n) is 5.21. The molecule has 1 aromatic heterocycles. The van der Waals surface area contributed by atoms with Gasteiger partial charge in [-0.2, -0.15) is 0 Å². The Labute approximate surface area is 142 Å². The maximum atomic E-state index is 12.8. The van der Waals surface area contributed by atoms with Crippen LogP contribution in [0.1, 0.15) is 36.4 Å². The van der Waals surface area contributed by atoms with Crippen LogP contribution in [0.15, 0.2) is 48.7 Å². The highest BCUT2D eigenvalue weighted by molar-refractivity contribution is 5.80. The molecule has 124 valence electrons. The molecule has 4 rings (SSSR count). The number of nitrogens with one attached hydrogen (secondary N) is 1. The lowest BCUT2D eigenvalue weighted by Crippen LogP contribution is -2.44. The molecule has 24 heavy (non-hydrogen) atoms. The minimum atomic E-state index is 0.0496. The smallest absolute Gasteiger partial charge is 0.225 e. The molecule has 1 aliphatic heterocycles. The Balaban J connectivity index is 1.42. The van der Waals surface area contributed by atoms with Gasteiger partial charge in [0, 0.05) is 19.3 Å². The van der Waals surface area contributed by atoms with Gasteiger partial charge in [-0.15, -0.1) is 0 Å². The van der Waals surface area contributed by atoms with Crippen LogP contribution in [0.3, 0.4) is 0 Å². The van der Waals surface area contributed by atoms with Gasteiger partial charge in [0.1, 0.15) is 5.82 Å². The minimum Gasteiger partial charge on any atom is -0.356 e. The van der Waals surface area contributed by atoms with E-state index in [1.165, 1.54) is 11.1 Å². The van der Waals surface area contributed by atoms with E-state index in [4.69, 9.17) is 0 Å². The molecule has 0 saturated carbocycles. The number of aryl methyl sites for hydroxylation is 1. The van der Waals surface area contributed by atoms with Crippen molar-refractivity contribution < 1.29 is 4.79 Å². The molecule has 0 spiro atoms. The fourth-order valence-electron chi connectivity index (χ4n) is 3.94. The molecular formula is C20H23N3O. The standard InChI is InChI=1S/C20H23N3O/c24-20(22-18-11-10-15-6-1-2-8-17(15)18)16-7-5-13-23(14-16)19-9-3-4-12-21-19/h1-4,6,8-9,12,16,18H,5,7,10-11,13-14H2,(H,22,24)/t16-,18+/m0/s1. The summed E-state index contributed by atoms with van der Waals surface area (Å²) in [6.07, 6.45) is 5.89. The minimum absolute atomic E-state index is 0.0496. The maximum Gasteiger partial charge on any atom is 0.225 e. The number of fused-ring (bicyclic) bond motifs is 1. The highest BCUT2D eigenvalue weighted by Crippen LogP contribution is 2.31. The summed E-state index contributed by atoms with van der Waals surface area (Å²) in [5.74, 6) is 1.21. The van der Waals surface area contributed by atoms with Crippen molar-refractivity contribution in [1.82, 2.24) is 10.3 Å². The van der Waals surface area contributed by atoms with Crippen LogP contribution >= 0.6 is 0 Å². The van der Waals surface area contributed by atoms with E-state index in [1.54, 1.807) is 0 Å². The van der Waals surface area contributed by atoms with Crippen LogP contribution in [-0.4, -0.2) is 24.0 Å². The fourth-order valence-corrected chi connectivity index (χ4v) is 3.94. The van der Waals surface area contributed by atoms with Gasteiger partial charge in [-0.1, -0.05) is 30.3 Å². The maximum absolute atomic E-state index is 12.8. The van der Waals surface area contributed by atoms with Crippen LogP contribution in [0.5, 0.6) is 0 Å². The van der Waals surface area contributed by atoms with Crippen molar-refractivity contribution in [2.75, 3.05) is 18.0 Å². The van der Waals surface area contributed by atoms with E-state index < -0.39 is 0 Å². The molecule has 1 aliphatic carbocycles. The van der Waals surface area contributed by atoms with Gasteiger partial charge >= 0.3 is 0 Å². The molecule has 1 fully saturated rings. The van der Waals surface area contributed by atoms with Crippen LogP contribution in [0.2, 0.25) is 0 Å². The Kier molecular flexibility index (Phi) is 4.20. The summed E-state index contributed by atoms with van der Waals surface area (Å²) in [4.78, 5) is 19.4. The zero-order valence-electron chi connectivity index (χ0n) is 13.8. The van der Waals surface area contributed by atoms with Crippen molar-refractivity contribution >= 4 is 11.7 Å². The van der Waals surface area contributed by atoms with Gasteiger partial charge in [0.2, 0.25) is 5.91 Å². The predicted molar refractivity (Wildman–Crippen MR) is 94.8 cm³/mol. The molecule has 1 amide bonds. The number of benzene rings is 1. The van der Waals surface area contributed by atoms with Gasteiger partial charge in [-0.25, -0.2) is 4.98 Å². The normalized spacial score (nSPS) is 22.9. The van der Waals surface area contributed by atoms with E-state index in [-0.39, 0.29) is 17.9 Å². The van der Waals surface area contributed by atoms with Crippen molar-refractivity contribution in [3.63, 3.8) is 0 Å². The zero-order valence-corrected chi connectivity index (χ0v) is 13.8. The van der Waals surface area contributed by atoms with Crippen molar-refractivity contribution in [3.05, 3.63) is 59.8 Å². The summed E-state index contributed by atoms with van der Waals surface area (Å²) in [6, 6.07) is 14.6. The van der Waals surface area contributed by atoms with Crippen molar-refractivity contribution in [2.24, 2.45) is 5.92 Å². The average Bonchev–Trinajstić information content (AvgIpc) is 3.06. The second kappa shape index (κ2) is 6.63. The highest BCUT2D eigenvalue weighted by atomic mass is 16.2. The molecule has 1 saturated heterocycles. The monoisotopic (exact) mass is 321 g/mol. The molecule has 0 bridgehead atoms. The number of carbonyl (C=O) groups is 1. The second-order valence-electron chi connectivity index (χ2n) is 6.77. The SMILES string of the molecule is O=C(N[C@@H]1CCc2ccccc21)[C@H]1CCCN(c2ccccn2)C1. The van der Waals surface area contributed by atoms with Gasteiger partial charge in [-0.05, 0) is 48.9 Å². The number of amides is 1. The summed E-state index contributed by atoms with van der Waals surface area (Å²) in [7, 11) is 0. The topological polar surface area (TPSA) is 45.2 Å². The summed E-state index contributed by atoms with van der Waals surface area (Å²) in [5.41, 5.74) is 2.67. The molecule has 0 radical (unpaired) electrons. The van der Waals surface area contributed by atoms with Gasteiger partial charge in [0.15, 0.2) is 0 Å². The molecular weight excluding hydrogens is 298 g/mol. The molecule has 2 aliphatic rings. The fraction of sp³-hybridized carbons (Fsp3) is 0.400. The van der Waals surface area contributed by atoms with E-state index in [0.29, 0.717) is 0 Å². The first kappa shape index (κ1) is 15.2. The average molecular weight is 321 g/mol. The molecule has 2 aromatic rings. The second-order valence-corrected chi connectivity index (χ2v) is 6.77. The molecule has 2 heterocycles. The largest absolute Gasteiger partial charge is 0.356 e. The van der Waals surface area contributed by atoms with Crippen LogP contribution in [-0.2, 0) is 11.2 Å². The zero-order chi connectivity index (χ0) is 16.4. The lowest BCUT2D eigenvalue weighted by atomic mass is 9.96. The Morgan fingerprint density at radius 3 is 2.88 bits per heavy atom. The van der Waals surface area contributed by atoms with Crippen molar-refractivity contribution in [3.8, 4) is 0 Å². The molecule has 4 nitrogen and oxygen atoms in total. The summed E-state index contributed by atoms with van der Waals surface area (Å²) in [5, 5.41) is 3.29. The number of nitrogens with zero attached hydrogens (tertiary/aromatic N) is 2. The number of rotatable bonds is 3. The molecule has 1 aromatic carbocycles. The van der Waals surface area contributed by atoms with E-state index in [2.05, 4.69) is 39.5 Å². The van der Waals surface area contributed by atoms with Crippen LogP contribution in [0, 0.1) is 5.92 Å². The van der Waals surface area contributed by atoms with E-state index >= 15 is 0 Å². The Hall–Kier alpha value is -2.36. The Morgan fingerprint density at radius 2 is 2.00 bits per heavy atom. The first-order valence-electron chi connectivity index (χ1n) is 8.85. The number of hydrogen-bond donors (Lipinski definition) is 1. The van der Waals surface area contributed by atoms with E-state index in [1.807, 2.05) is 24.4 Å². The van der Waals surface area contributed by atoms with Gasteiger partial charge in [-0.3, -0.25) is 4.79 Å². The summed E-state index contributed by atoms with van der Waals surface area (Å²) >= 11 is 0. The number of aromatic nitrogens is 1. The molecule has 0 unspecified atom stereocenters. The van der Waals surface area contributed by atoms with Crippen LogP contribution in [0.4, 0.5) is 5.82 Å². The number of piperidine rings is 1. The third-order valence-corrected chi connectivity index (χ3v) is 5.21. The first-order chi connectivity index (χ1) is 11.8. The van der Waals surface area contributed by atoms with Gasteiger partial charge in [0.05, 0.1) is 12.0 Å². The quantitative estimate of drug-likeness (QED) is 0.945. The van der Waals surface area contributed by atoms with Gasteiger partial charge < -0.3 is 10.2 Å². The Bertz CT molecular complexity index is 716. The number of pyridine rings is 1. The van der Waals surface area contributed by atoms with Crippen molar-refractivity contribution in [2.45, 2.75) is 31.7 Å². The molecule has 4 heteroatoms. The van der Waals surface area contributed by atoms with Gasteiger partial charge in [0.25, 0.3) is 0 Å². The lowest BCUT2D eigenvalue weighted by molar-refractivity contribution is -0.126. The van der Waals surface area contributed by atoms with Crippen LogP contribution in [0.25, 0.3) is 0 Å². The first-order valence-corrected chi connectivity index (χ1v) is 8.85. The van der Waals surface area contributed by atoms with E-state index in [0.717, 1.165) is 44.6 Å². The van der Waals surface area contributed by atoms with Crippen molar-refractivity contribution in [1.29, 1.82) is 0 Å². The Morgan fingerprint density at radius 1 is 1.12 bits per heavy atom. The number of anilines is 1. The van der Waals surface area contributed by atoms with Crippen LogP contribution < -0.4 is 10.2 Å². The molecule has 1 N–H and O–H groups in total. The van der Waals surface area contributed by atoms with E-state index in [9.17, 15) is 4.79 Å². The number of hydrogen-bond acceptors (Lipinski definition) is 3. The summed E-state index contributed by atoms with van der Waals surface area (Å²) < 4.78 is 0. The lowest BCUT2D eigenvalue weighted by Gasteiger charge is -2.33. The third kappa shape index (κ3) is 3.01. The number of carbonyl (C=O) groups excluding carboxylic acids is 1. The highest BCUT2D eigenvalue weighted by Gasteiger charge is 2.30. The predicted octanol–water partition coefficient (Wildman–Crippen LogP) is 3.10. The summed E-state index contributed by atoms with van der Waals surface area (Å²) in [6.45, 7) is 1.74. The molecule has 2 atom stereocenters.